The van der Waals surface area contributed by atoms with Crippen LogP contribution in [0.15, 0.2) is 42.0 Å². The highest BCUT2D eigenvalue weighted by Gasteiger charge is 2.35. The van der Waals surface area contributed by atoms with Gasteiger partial charge < -0.3 is 9.80 Å². The van der Waals surface area contributed by atoms with Crippen LogP contribution < -0.4 is 0 Å². The highest BCUT2D eigenvalue weighted by atomic mass is 16.2. The number of carbonyl (C=O) groups is 2. The van der Waals surface area contributed by atoms with Crippen molar-refractivity contribution in [3.05, 3.63) is 47.5 Å². The van der Waals surface area contributed by atoms with E-state index in [-0.39, 0.29) is 24.4 Å². The first-order chi connectivity index (χ1) is 11.0. The lowest BCUT2D eigenvalue weighted by Gasteiger charge is -2.38. The van der Waals surface area contributed by atoms with Gasteiger partial charge in [-0.1, -0.05) is 42.0 Å². The van der Waals surface area contributed by atoms with Crippen molar-refractivity contribution in [2.45, 2.75) is 39.7 Å². The van der Waals surface area contributed by atoms with E-state index >= 15 is 0 Å². The molecule has 2 rings (SSSR count). The fourth-order valence-corrected chi connectivity index (χ4v) is 2.85. The monoisotopic (exact) mass is 314 g/mol. The summed E-state index contributed by atoms with van der Waals surface area (Å²) in [6, 6.07) is 9.69. The summed E-state index contributed by atoms with van der Waals surface area (Å²) >= 11 is 0. The van der Waals surface area contributed by atoms with Crippen molar-refractivity contribution >= 4 is 11.8 Å². The number of rotatable bonds is 6. The van der Waals surface area contributed by atoms with E-state index in [4.69, 9.17) is 0 Å². The minimum atomic E-state index is -0.363. The van der Waals surface area contributed by atoms with E-state index in [9.17, 15) is 9.59 Å². The number of hydrogen-bond donors (Lipinski definition) is 0. The Morgan fingerprint density at radius 3 is 2.52 bits per heavy atom. The first-order valence-electron chi connectivity index (χ1n) is 8.24. The van der Waals surface area contributed by atoms with Crippen LogP contribution in [0.3, 0.4) is 0 Å². The molecule has 0 aliphatic carbocycles. The Kier molecular flexibility index (Phi) is 5.97. The predicted molar refractivity (Wildman–Crippen MR) is 91.9 cm³/mol. The van der Waals surface area contributed by atoms with Gasteiger partial charge in [0.2, 0.25) is 11.8 Å². The van der Waals surface area contributed by atoms with Gasteiger partial charge >= 0.3 is 0 Å². The molecule has 0 N–H and O–H groups in total. The van der Waals surface area contributed by atoms with Crippen LogP contribution >= 0.6 is 0 Å². The van der Waals surface area contributed by atoms with E-state index in [2.05, 4.69) is 6.08 Å². The molecule has 1 aromatic carbocycles. The molecule has 1 aliphatic heterocycles. The second-order valence-electron chi connectivity index (χ2n) is 6.33. The second kappa shape index (κ2) is 7.95. The minimum Gasteiger partial charge on any atom is -0.331 e. The van der Waals surface area contributed by atoms with Crippen LogP contribution in [0.1, 0.15) is 32.8 Å². The summed E-state index contributed by atoms with van der Waals surface area (Å²) in [5, 5.41) is 0. The van der Waals surface area contributed by atoms with Gasteiger partial charge in [-0.15, -0.1) is 0 Å². The molecule has 0 bridgehead atoms. The van der Waals surface area contributed by atoms with Crippen molar-refractivity contribution in [1.82, 2.24) is 9.80 Å². The fourth-order valence-electron chi connectivity index (χ4n) is 2.85. The van der Waals surface area contributed by atoms with Crippen molar-refractivity contribution in [1.29, 1.82) is 0 Å². The molecule has 1 aromatic rings. The number of benzene rings is 1. The van der Waals surface area contributed by atoms with Gasteiger partial charge in [-0.05, 0) is 39.2 Å². The van der Waals surface area contributed by atoms with Gasteiger partial charge in [0, 0.05) is 13.1 Å². The minimum absolute atomic E-state index is 0.0484. The Morgan fingerprint density at radius 2 is 1.87 bits per heavy atom. The lowest BCUT2D eigenvalue weighted by molar-refractivity contribution is -0.154. The number of piperazine rings is 1. The molecule has 4 heteroatoms. The van der Waals surface area contributed by atoms with E-state index in [1.165, 1.54) is 11.1 Å². The maximum Gasteiger partial charge on any atom is 0.245 e. The number of amides is 2. The lowest BCUT2D eigenvalue weighted by atomic mass is 10.1. The third-order valence-electron chi connectivity index (χ3n) is 4.22. The summed E-state index contributed by atoms with van der Waals surface area (Å²) in [6.45, 7) is 7.32. The normalized spacial score (nSPS) is 18.3. The number of allylic oxidation sites excluding steroid dienone is 1. The highest BCUT2D eigenvalue weighted by molar-refractivity contribution is 5.94. The van der Waals surface area contributed by atoms with Crippen LogP contribution in [-0.4, -0.2) is 47.3 Å². The molecule has 0 spiro atoms. The van der Waals surface area contributed by atoms with Crippen LogP contribution in [0, 0.1) is 0 Å². The summed E-state index contributed by atoms with van der Waals surface area (Å²) in [5.74, 6) is 0.102. The third-order valence-corrected chi connectivity index (χ3v) is 4.22. The van der Waals surface area contributed by atoms with Crippen LogP contribution in [0.4, 0.5) is 0 Å². The van der Waals surface area contributed by atoms with Crippen molar-refractivity contribution in [2.75, 3.05) is 19.6 Å². The van der Waals surface area contributed by atoms with Crippen molar-refractivity contribution in [3.8, 4) is 0 Å². The Balaban J connectivity index is 1.92. The highest BCUT2D eigenvalue weighted by Crippen LogP contribution is 2.14. The molecule has 0 saturated carbocycles. The van der Waals surface area contributed by atoms with E-state index in [1.54, 1.807) is 9.80 Å². The maximum absolute atomic E-state index is 12.5. The molecule has 23 heavy (non-hydrogen) atoms. The quantitative estimate of drug-likeness (QED) is 0.757. The molecule has 124 valence electrons. The van der Waals surface area contributed by atoms with Gasteiger partial charge in [-0.25, -0.2) is 0 Å². The van der Waals surface area contributed by atoms with Gasteiger partial charge in [0.15, 0.2) is 0 Å². The van der Waals surface area contributed by atoms with Crippen LogP contribution in [-0.2, 0) is 16.0 Å². The molecule has 2 amide bonds. The summed E-state index contributed by atoms with van der Waals surface area (Å²) in [6.07, 6.45) is 3.69. The molecule has 1 saturated heterocycles. The average Bonchev–Trinajstić information content (AvgIpc) is 2.53. The second-order valence-corrected chi connectivity index (χ2v) is 6.33. The van der Waals surface area contributed by atoms with E-state index < -0.39 is 0 Å². The van der Waals surface area contributed by atoms with Crippen LogP contribution in [0.5, 0.6) is 0 Å². The molecule has 0 aromatic heterocycles. The van der Waals surface area contributed by atoms with Crippen LogP contribution in [0.25, 0.3) is 0 Å². The SMILES string of the molecule is CC(C)=CCCN1C(=O)CN(CCc2ccccc2)C(=O)[C@H]1C. The standard InChI is InChI=1S/C19H26N2O2/c1-15(2)8-7-12-21-16(3)19(23)20(14-18(21)22)13-11-17-9-5-4-6-10-17/h4-6,8-10,16H,7,11-14H2,1-3H3/t16-/m1/s1. The van der Waals surface area contributed by atoms with Crippen LogP contribution in [0.2, 0.25) is 0 Å². The van der Waals surface area contributed by atoms with Gasteiger partial charge in [0.1, 0.15) is 6.04 Å². The first kappa shape index (κ1) is 17.3. The van der Waals surface area contributed by atoms with E-state index in [0.717, 1.165) is 12.8 Å². The van der Waals surface area contributed by atoms with E-state index in [1.807, 2.05) is 51.1 Å². The topological polar surface area (TPSA) is 40.6 Å². The number of nitrogens with zero attached hydrogens (tertiary/aromatic N) is 2. The number of hydrogen-bond acceptors (Lipinski definition) is 2. The Labute approximate surface area is 138 Å². The van der Waals surface area contributed by atoms with Crippen molar-refractivity contribution in [3.63, 3.8) is 0 Å². The zero-order valence-electron chi connectivity index (χ0n) is 14.3. The average molecular weight is 314 g/mol. The summed E-state index contributed by atoms with van der Waals surface area (Å²) in [7, 11) is 0. The molecular weight excluding hydrogens is 288 g/mol. The Morgan fingerprint density at radius 1 is 1.17 bits per heavy atom. The molecule has 1 atom stereocenters. The summed E-state index contributed by atoms with van der Waals surface area (Å²) < 4.78 is 0. The predicted octanol–water partition coefficient (Wildman–Crippen LogP) is 2.64. The summed E-state index contributed by atoms with van der Waals surface area (Å²) in [4.78, 5) is 28.3. The van der Waals surface area contributed by atoms with Gasteiger partial charge in [-0.2, -0.15) is 0 Å². The lowest BCUT2D eigenvalue weighted by Crippen LogP contribution is -2.59. The largest absolute Gasteiger partial charge is 0.331 e. The molecule has 1 fully saturated rings. The third kappa shape index (κ3) is 4.68. The fraction of sp³-hybridized carbons (Fsp3) is 0.474. The van der Waals surface area contributed by atoms with Gasteiger partial charge in [0.25, 0.3) is 0 Å². The zero-order chi connectivity index (χ0) is 16.8. The van der Waals surface area contributed by atoms with Crippen molar-refractivity contribution < 1.29 is 9.59 Å². The maximum atomic E-state index is 12.5. The summed E-state index contributed by atoms with van der Waals surface area (Å²) in [5.41, 5.74) is 2.42. The number of carbonyl (C=O) groups excluding carboxylic acids is 2. The van der Waals surface area contributed by atoms with Gasteiger partial charge in [-0.3, -0.25) is 9.59 Å². The molecule has 1 aliphatic rings. The smallest absolute Gasteiger partial charge is 0.245 e. The Bertz CT molecular complexity index is 576. The molecule has 0 unspecified atom stereocenters. The molecular formula is C19H26N2O2. The zero-order valence-corrected chi connectivity index (χ0v) is 14.3. The van der Waals surface area contributed by atoms with E-state index in [0.29, 0.717) is 13.1 Å². The van der Waals surface area contributed by atoms with Gasteiger partial charge in [0.05, 0.1) is 6.54 Å². The first-order valence-corrected chi connectivity index (χ1v) is 8.24. The van der Waals surface area contributed by atoms with Crippen molar-refractivity contribution in [2.24, 2.45) is 0 Å². The Hall–Kier alpha value is -2.10. The molecule has 4 nitrogen and oxygen atoms in total. The molecule has 1 heterocycles. The molecule has 0 radical (unpaired) electrons.